The van der Waals surface area contributed by atoms with E-state index in [1.165, 1.54) is 17.4 Å². The Morgan fingerprint density at radius 1 is 1.15 bits per heavy atom. The topological polar surface area (TPSA) is 31.2 Å². The van der Waals surface area contributed by atoms with Crippen LogP contribution in [0.15, 0.2) is 35.0 Å². The van der Waals surface area contributed by atoms with E-state index in [9.17, 15) is 18.0 Å². The van der Waals surface area contributed by atoms with Crippen molar-refractivity contribution in [1.29, 1.82) is 0 Å². The standard InChI is InChI=1S/C19H18F3NO2S/c1-11-14-9-12(19(20,21)22)5-6-15(14)23(13-7-8-26-10-13)16(11)17(24)25-18(2,3)4/h5-10H,1-4H3. The Kier molecular flexibility index (Phi) is 4.38. The SMILES string of the molecule is Cc1c(C(=O)OC(C)(C)C)n(-c2ccsc2)c2ccc(C(F)(F)F)cc12. The lowest BCUT2D eigenvalue weighted by molar-refractivity contribution is -0.137. The van der Waals surface area contributed by atoms with Crippen LogP contribution in [-0.2, 0) is 10.9 Å². The summed E-state index contributed by atoms with van der Waals surface area (Å²) in [5.74, 6) is -0.564. The maximum Gasteiger partial charge on any atom is 0.416 e. The van der Waals surface area contributed by atoms with Crippen LogP contribution in [0.4, 0.5) is 13.2 Å². The van der Waals surface area contributed by atoms with Gasteiger partial charge >= 0.3 is 12.1 Å². The van der Waals surface area contributed by atoms with Crippen molar-refractivity contribution >= 4 is 28.2 Å². The van der Waals surface area contributed by atoms with Crippen LogP contribution in [0.3, 0.4) is 0 Å². The Labute approximate surface area is 153 Å². The zero-order valence-corrected chi connectivity index (χ0v) is 15.6. The number of thiophene rings is 1. The summed E-state index contributed by atoms with van der Waals surface area (Å²) in [7, 11) is 0. The van der Waals surface area contributed by atoms with Crippen molar-refractivity contribution in [2.45, 2.75) is 39.5 Å². The van der Waals surface area contributed by atoms with Crippen molar-refractivity contribution in [3.05, 3.63) is 51.8 Å². The van der Waals surface area contributed by atoms with Crippen LogP contribution in [0.1, 0.15) is 42.4 Å². The molecule has 1 aromatic carbocycles. The molecule has 2 heterocycles. The number of carbonyl (C=O) groups is 1. The smallest absolute Gasteiger partial charge is 0.416 e. The molecule has 0 atom stereocenters. The first kappa shape index (κ1) is 18.5. The maximum atomic E-state index is 13.1. The van der Waals surface area contributed by atoms with Gasteiger partial charge in [0.1, 0.15) is 11.3 Å². The van der Waals surface area contributed by atoms with Gasteiger partial charge in [0, 0.05) is 10.8 Å². The first-order chi connectivity index (χ1) is 12.0. The summed E-state index contributed by atoms with van der Waals surface area (Å²) >= 11 is 1.44. The molecule has 0 unspecified atom stereocenters. The zero-order chi connectivity index (χ0) is 19.3. The number of fused-ring (bicyclic) bond motifs is 1. The van der Waals surface area contributed by atoms with Gasteiger partial charge in [-0.15, -0.1) is 0 Å². The van der Waals surface area contributed by atoms with Gasteiger partial charge in [-0.05, 0) is 62.9 Å². The van der Waals surface area contributed by atoms with E-state index in [1.54, 1.807) is 32.3 Å². The summed E-state index contributed by atoms with van der Waals surface area (Å²) in [4.78, 5) is 12.8. The second kappa shape index (κ2) is 6.16. The Balaban J connectivity index is 2.30. The van der Waals surface area contributed by atoms with E-state index in [4.69, 9.17) is 4.74 Å². The lowest BCUT2D eigenvalue weighted by Gasteiger charge is -2.20. The fraction of sp³-hybridized carbons (Fsp3) is 0.316. The van der Waals surface area contributed by atoms with Crippen LogP contribution < -0.4 is 0 Å². The third-order valence-corrected chi connectivity index (χ3v) is 4.57. The van der Waals surface area contributed by atoms with E-state index in [1.807, 2.05) is 16.8 Å². The van der Waals surface area contributed by atoms with Crippen molar-refractivity contribution in [2.75, 3.05) is 0 Å². The number of nitrogens with zero attached hydrogens (tertiary/aromatic N) is 1. The molecule has 0 saturated heterocycles. The normalized spacial score (nSPS) is 12.6. The number of benzene rings is 1. The number of halogens is 3. The number of rotatable bonds is 2. The van der Waals surface area contributed by atoms with Crippen molar-refractivity contribution < 1.29 is 22.7 Å². The molecular weight excluding hydrogens is 363 g/mol. The fourth-order valence-electron chi connectivity index (χ4n) is 2.85. The summed E-state index contributed by atoms with van der Waals surface area (Å²) in [6, 6.07) is 5.33. The molecule has 2 aromatic heterocycles. The molecule has 0 aliphatic heterocycles. The van der Waals surface area contributed by atoms with Gasteiger partial charge in [0.2, 0.25) is 0 Å². The molecule has 0 aliphatic carbocycles. The van der Waals surface area contributed by atoms with Crippen molar-refractivity contribution in [3.63, 3.8) is 0 Å². The first-order valence-corrected chi connectivity index (χ1v) is 8.91. The predicted octanol–water partition coefficient (Wildman–Crippen LogP) is 5.97. The number of hydrogen-bond donors (Lipinski definition) is 0. The number of carbonyl (C=O) groups excluding carboxylic acids is 1. The number of aromatic nitrogens is 1. The third-order valence-electron chi connectivity index (χ3n) is 3.90. The van der Waals surface area contributed by atoms with Crippen LogP contribution in [-0.4, -0.2) is 16.1 Å². The molecule has 3 rings (SSSR count). The van der Waals surface area contributed by atoms with Crippen LogP contribution >= 0.6 is 11.3 Å². The van der Waals surface area contributed by atoms with Crippen molar-refractivity contribution in [3.8, 4) is 5.69 Å². The van der Waals surface area contributed by atoms with E-state index >= 15 is 0 Å². The number of alkyl halides is 3. The van der Waals surface area contributed by atoms with Crippen LogP contribution in [0.2, 0.25) is 0 Å². The Hall–Kier alpha value is -2.28. The second-order valence-electron chi connectivity index (χ2n) is 7.02. The quantitative estimate of drug-likeness (QED) is 0.512. The predicted molar refractivity (Wildman–Crippen MR) is 96.1 cm³/mol. The minimum absolute atomic E-state index is 0.243. The molecule has 0 aliphatic rings. The Morgan fingerprint density at radius 3 is 2.38 bits per heavy atom. The first-order valence-electron chi connectivity index (χ1n) is 7.97. The molecular formula is C19H18F3NO2S. The molecule has 0 radical (unpaired) electrons. The molecule has 138 valence electrons. The number of aryl methyl sites for hydroxylation is 1. The van der Waals surface area contributed by atoms with Gasteiger partial charge in [0.25, 0.3) is 0 Å². The molecule has 0 saturated carbocycles. The largest absolute Gasteiger partial charge is 0.455 e. The molecule has 0 amide bonds. The lowest BCUT2D eigenvalue weighted by atomic mass is 10.1. The van der Waals surface area contributed by atoms with Crippen molar-refractivity contribution in [1.82, 2.24) is 4.57 Å². The monoisotopic (exact) mass is 381 g/mol. The van der Waals surface area contributed by atoms with E-state index in [0.717, 1.165) is 12.1 Å². The summed E-state index contributed by atoms with van der Waals surface area (Å²) in [5, 5.41) is 4.07. The highest BCUT2D eigenvalue weighted by Crippen LogP contribution is 2.36. The van der Waals surface area contributed by atoms with E-state index in [0.29, 0.717) is 22.2 Å². The molecule has 3 aromatic rings. The highest BCUT2D eigenvalue weighted by Gasteiger charge is 2.32. The minimum atomic E-state index is -4.45. The number of ether oxygens (including phenoxy) is 1. The van der Waals surface area contributed by atoms with E-state index in [-0.39, 0.29) is 5.69 Å². The number of hydrogen-bond acceptors (Lipinski definition) is 3. The Morgan fingerprint density at radius 2 is 1.85 bits per heavy atom. The molecule has 0 bridgehead atoms. The highest BCUT2D eigenvalue weighted by molar-refractivity contribution is 7.08. The average molecular weight is 381 g/mol. The summed E-state index contributed by atoms with van der Waals surface area (Å²) in [6.45, 7) is 6.89. The van der Waals surface area contributed by atoms with E-state index < -0.39 is 23.3 Å². The van der Waals surface area contributed by atoms with E-state index in [2.05, 4.69) is 0 Å². The molecule has 7 heteroatoms. The van der Waals surface area contributed by atoms with Gasteiger partial charge in [-0.25, -0.2) is 4.79 Å². The number of esters is 1. The summed E-state index contributed by atoms with van der Waals surface area (Å²) in [5.41, 5.74) is 0.505. The Bertz CT molecular complexity index is 963. The fourth-order valence-corrected chi connectivity index (χ4v) is 3.47. The maximum absolute atomic E-state index is 13.1. The molecule has 0 N–H and O–H groups in total. The lowest BCUT2D eigenvalue weighted by Crippen LogP contribution is -2.25. The van der Waals surface area contributed by atoms with Crippen LogP contribution in [0, 0.1) is 6.92 Å². The van der Waals surface area contributed by atoms with Gasteiger partial charge < -0.3 is 9.30 Å². The highest BCUT2D eigenvalue weighted by atomic mass is 32.1. The van der Waals surface area contributed by atoms with Gasteiger partial charge in [-0.3, -0.25) is 0 Å². The van der Waals surface area contributed by atoms with Crippen LogP contribution in [0.25, 0.3) is 16.6 Å². The second-order valence-corrected chi connectivity index (χ2v) is 7.80. The third kappa shape index (κ3) is 3.35. The molecule has 26 heavy (non-hydrogen) atoms. The van der Waals surface area contributed by atoms with Gasteiger partial charge in [-0.1, -0.05) is 0 Å². The summed E-state index contributed by atoms with van der Waals surface area (Å²) < 4.78 is 46.5. The van der Waals surface area contributed by atoms with Gasteiger partial charge in [-0.2, -0.15) is 24.5 Å². The van der Waals surface area contributed by atoms with Gasteiger partial charge in [0.15, 0.2) is 0 Å². The summed E-state index contributed by atoms with van der Waals surface area (Å²) in [6.07, 6.45) is -4.45. The molecule has 0 fully saturated rings. The van der Waals surface area contributed by atoms with Crippen molar-refractivity contribution in [2.24, 2.45) is 0 Å². The van der Waals surface area contributed by atoms with Gasteiger partial charge in [0.05, 0.1) is 16.8 Å². The average Bonchev–Trinajstić information content (AvgIpc) is 3.10. The molecule has 0 spiro atoms. The minimum Gasteiger partial charge on any atom is -0.455 e. The molecule has 3 nitrogen and oxygen atoms in total. The zero-order valence-electron chi connectivity index (χ0n) is 14.8. The van der Waals surface area contributed by atoms with Crippen LogP contribution in [0.5, 0.6) is 0 Å².